The van der Waals surface area contributed by atoms with E-state index >= 15 is 0 Å². The number of benzene rings is 7. The lowest BCUT2D eigenvalue weighted by Gasteiger charge is -2.15. The third kappa shape index (κ3) is 6.65. The van der Waals surface area contributed by atoms with E-state index in [0.717, 1.165) is 67.0 Å². The first-order chi connectivity index (χ1) is 26.8. The first-order valence-electron chi connectivity index (χ1n) is 18.3. The highest BCUT2D eigenvalue weighted by molar-refractivity contribution is 5.91. The lowest BCUT2D eigenvalue weighted by molar-refractivity contribution is 1.32. The van der Waals surface area contributed by atoms with Gasteiger partial charge in [-0.15, -0.1) is 0 Å². The van der Waals surface area contributed by atoms with Crippen LogP contribution in [0.25, 0.3) is 89.3 Å². The fraction of sp³-hybridized carbons (Fsp3) is 0. The predicted octanol–water partition coefficient (Wildman–Crippen LogP) is 13.8. The largest absolute Gasteiger partial charge is 0.256 e. The molecule has 2 heterocycles. The zero-order valence-electron chi connectivity index (χ0n) is 29.7. The van der Waals surface area contributed by atoms with Crippen molar-refractivity contribution in [3.05, 3.63) is 219 Å². The summed E-state index contributed by atoms with van der Waals surface area (Å²) in [6, 6.07) is 73.1. The van der Waals surface area contributed by atoms with Crippen molar-refractivity contribution >= 4 is 0 Å². The fourth-order valence-corrected chi connectivity index (χ4v) is 7.39. The molecule has 0 aliphatic rings. The molecule has 0 aliphatic heterocycles. The third-order valence-corrected chi connectivity index (χ3v) is 10.0. The van der Waals surface area contributed by atoms with Crippen molar-refractivity contribution in [2.75, 3.05) is 0 Å². The maximum Gasteiger partial charge on any atom is 0.0714 e. The second-order valence-corrected chi connectivity index (χ2v) is 13.4. The van der Waals surface area contributed by atoms with Crippen molar-refractivity contribution < 1.29 is 0 Å². The molecule has 2 heteroatoms. The molecule has 0 amide bonds. The minimum Gasteiger partial charge on any atom is -0.256 e. The molecule has 0 spiro atoms. The van der Waals surface area contributed by atoms with Crippen LogP contribution in [0.3, 0.4) is 0 Å². The molecule has 0 N–H and O–H groups in total. The smallest absolute Gasteiger partial charge is 0.0714 e. The molecular formula is C52H36N2. The summed E-state index contributed by atoms with van der Waals surface area (Å²) in [4.78, 5) is 9.66. The molecule has 2 aromatic heterocycles. The first-order valence-corrected chi connectivity index (χ1v) is 18.3. The molecule has 0 unspecified atom stereocenters. The van der Waals surface area contributed by atoms with Crippen LogP contribution in [-0.2, 0) is 0 Å². The van der Waals surface area contributed by atoms with Crippen LogP contribution in [0, 0.1) is 0 Å². The number of hydrogen-bond donors (Lipinski definition) is 0. The quantitative estimate of drug-likeness (QED) is 0.159. The van der Waals surface area contributed by atoms with Gasteiger partial charge in [-0.25, -0.2) is 0 Å². The lowest BCUT2D eigenvalue weighted by Crippen LogP contribution is -1.91. The SMILES string of the molecule is c1ccc(-c2ccnc(-c3ccccc3-c3cccc(-c4ccccc4-c4cccc(-c5ccccc5-c5cc(-c6ccccc6)ccn5)c4)c3)c2)cc1. The van der Waals surface area contributed by atoms with Crippen molar-refractivity contribution in [1.29, 1.82) is 0 Å². The highest BCUT2D eigenvalue weighted by Crippen LogP contribution is 2.39. The van der Waals surface area contributed by atoms with E-state index in [0.29, 0.717) is 0 Å². The van der Waals surface area contributed by atoms with Gasteiger partial charge >= 0.3 is 0 Å². The van der Waals surface area contributed by atoms with Gasteiger partial charge in [0.1, 0.15) is 0 Å². The molecule has 9 aromatic rings. The van der Waals surface area contributed by atoms with Gasteiger partial charge in [-0.3, -0.25) is 9.97 Å². The molecule has 9 rings (SSSR count). The highest BCUT2D eigenvalue weighted by Gasteiger charge is 2.15. The molecule has 0 radical (unpaired) electrons. The Morgan fingerprint density at radius 3 is 0.870 bits per heavy atom. The van der Waals surface area contributed by atoms with E-state index in [1.807, 2.05) is 24.5 Å². The average molecular weight is 689 g/mol. The van der Waals surface area contributed by atoms with Gasteiger partial charge in [0.2, 0.25) is 0 Å². The minimum atomic E-state index is 0.955. The molecule has 7 aromatic carbocycles. The molecule has 0 saturated carbocycles. The van der Waals surface area contributed by atoms with E-state index < -0.39 is 0 Å². The molecule has 0 saturated heterocycles. The Morgan fingerprint density at radius 2 is 0.500 bits per heavy atom. The van der Waals surface area contributed by atoms with Gasteiger partial charge in [-0.1, -0.05) is 170 Å². The van der Waals surface area contributed by atoms with E-state index in [1.54, 1.807) is 0 Å². The number of nitrogens with zero attached hydrogens (tertiary/aromatic N) is 2. The molecule has 0 fully saturated rings. The van der Waals surface area contributed by atoms with Crippen LogP contribution in [0.4, 0.5) is 0 Å². The van der Waals surface area contributed by atoms with Gasteiger partial charge in [0.05, 0.1) is 11.4 Å². The van der Waals surface area contributed by atoms with Crippen molar-refractivity contribution in [2.24, 2.45) is 0 Å². The normalized spacial score (nSPS) is 11.0. The zero-order chi connectivity index (χ0) is 36.1. The molecule has 0 aliphatic carbocycles. The topological polar surface area (TPSA) is 25.8 Å². The van der Waals surface area contributed by atoms with Crippen LogP contribution in [0.15, 0.2) is 219 Å². The van der Waals surface area contributed by atoms with E-state index in [9.17, 15) is 0 Å². The van der Waals surface area contributed by atoms with E-state index in [1.165, 1.54) is 22.3 Å². The summed E-state index contributed by atoms with van der Waals surface area (Å²) in [5.41, 5.74) is 18.1. The third-order valence-electron chi connectivity index (χ3n) is 10.0. The van der Waals surface area contributed by atoms with Gasteiger partial charge in [-0.05, 0) is 103 Å². The maximum atomic E-state index is 4.83. The summed E-state index contributed by atoms with van der Waals surface area (Å²) < 4.78 is 0. The van der Waals surface area contributed by atoms with Crippen LogP contribution >= 0.6 is 0 Å². The predicted molar refractivity (Wildman–Crippen MR) is 226 cm³/mol. The second kappa shape index (κ2) is 14.8. The summed E-state index contributed by atoms with van der Waals surface area (Å²) in [5, 5.41) is 0. The fourth-order valence-electron chi connectivity index (χ4n) is 7.39. The minimum absolute atomic E-state index is 0.955. The van der Waals surface area contributed by atoms with Crippen molar-refractivity contribution in [3.63, 3.8) is 0 Å². The van der Waals surface area contributed by atoms with E-state index in [4.69, 9.17) is 9.97 Å². The number of rotatable bonds is 8. The van der Waals surface area contributed by atoms with Gasteiger partial charge in [0.15, 0.2) is 0 Å². The maximum absolute atomic E-state index is 4.83. The Balaban J connectivity index is 1.08. The Labute approximate surface area is 316 Å². The van der Waals surface area contributed by atoms with Crippen LogP contribution < -0.4 is 0 Å². The summed E-state index contributed by atoms with van der Waals surface area (Å²) in [6.45, 7) is 0. The Bertz CT molecular complexity index is 2530. The molecule has 54 heavy (non-hydrogen) atoms. The highest BCUT2D eigenvalue weighted by atomic mass is 14.7. The Kier molecular flexibility index (Phi) is 8.99. The van der Waals surface area contributed by atoms with Gasteiger partial charge in [-0.2, -0.15) is 0 Å². The summed E-state index contributed by atoms with van der Waals surface area (Å²) in [5.74, 6) is 0. The Morgan fingerprint density at radius 1 is 0.204 bits per heavy atom. The van der Waals surface area contributed by atoms with Crippen LogP contribution in [0.2, 0.25) is 0 Å². The van der Waals surface area contributed by atoms with Crippen molar-refractivity contribution in [3.8, 4) is 89.3 Å². The van der Waals surface area contributed by atoms with E-state index in [-0.39, 0.29) is 0 Å². The number of aromatic nitrogens is 2. The number of pyridine rings is 2. The van der Waals surface area contributed by atoms with Crippen LogP contribution in [0.5, 0.6) is 0 Å². The summed E-state index contributed by atoms with van der Waals surface area (Å²) >= 11 is 0. The second-order valence-electron chi connectivity index (χ2n) is 13.4. The average Bonchev–Trinajstić information content (AvgIpc) is 3.27. The molecule has 2 nitrogen and oxygen atoms in total. The zero-order valence-corrected chi connectivity index (χ0v) is 29.7. The summed E-state index contributed by atoms with van der Waals surface area (Å²) in [6.07, 6.45) is 3.82. The van der Waals surface area contributed by atoms with Crippen LogP contribution in [0.1, 0.15) is 0 Å². The standard InChI is InChI=1S/C52H36N2/c1-3-15-37(16-4-1)39-29-31-53-51(35-39)49-27-11-9-25-47(49)43-21-13-19-41(33-43)45-23-7-8-24-46(45)42-20-14-22-44(34-42)48-26-10-12-28-50(48)52-36-40(30-32-54-52)38-17-5-2-6-18-38/h1-36H. The number of hydrogen-bond acceptors (Lipinski definition) is 2. The lowest BCUT2D eigenvalue weighted by atomic mass is 9.89. The molecule has 0 atom stereocenters. The van der Waals surface area contributed by atoms with Crippen molar-refractivity contribution in [1.82, 2.24) is 9.97 Å². The first kappa shape index (κ1) is 32.7. The van der Waals surface area contributed by atoms with Crippen molar-refractivity contribution in [2.45, 2.75) is 0 Å². The van der Waals surface area contributed by atoms with E-state index in [2.05, 4.69) is 194 Å². The molecular weight excluding hydrogens is 653 g/mol. The van der Waals surface area contributed by atoms with Gasteiger partial charge in [0, 0.05) is 23.5 Å². The van der Waals surface area contributed by atoms with Gasteiger partial charge in [0.25, 0.3) is 0 Å². The molecule has 0 bridgehead atoms. The van der Waals surface area contributed by atoms with Gasteiger partial charge < -0.3 is 0 Å². The molecule has 254 valence electrons. The Hall–Kier alpha value is -7.16. The monoisotopic (exact) mass is 688 g/mol. The van der Waals surface area contributed by atoms with Crippen LogP contribution in [-0.4, -0.2) is 9.97 Å². The summed E-state index contributed by atoms with van der Waals surface area (Å²) in [7, 11) is 0.